The van der Waals surface area contributed by atoms with E-state index in [0.717, 1.165) is 4.90 Å². The molecule has 0 aliphatic carbocycles. The number of hydrogen-bond donors (Lipinski definition) is 1. The van der Waals surface area contributed by atoms with E-state index >= 15 is 0 Å². The van der Waals surface area contributed by atoms with E-state index in [2.05, 4.69) is 0 Å². The van der Waals surface area contributed by atoms with Crippen molar-refractivity contribution in [1.82, 2.24) is 4.90 Å². The highest BCUT2D eigenvalue weighted by Gasteiger charge is 2.60. The summed E-state index contributed by atoms with van der Waals surface area (Å²) in [6, 6.07) is -1.30. The zero-order chi connectivity index (χ0) is 16.5. The molecule has 1 heterocycles. The Morgan fingerprint density at radius 2 is 1.86 bits per heavy atom. The molecule has 0 saturated carbocycles. The summed E-state index contributed by atoms with van der Waals surface area (Å²) in [5, 5.41) is 10.1. The number of piperidine rings is 1. The Labute approximate surface area is 123 Å². The fraction of sp³-hybridized carbons (Fsp3) is 0.929. The second kappa shape index (κ2) is 6.02. The molecule has 1 saturated heterocycles. The minimum absolute atomic E-state index is 0.114. The van der Waals surface area contributed by atoms with Crippen LogP contribution in [0.5, 0.6) is 0 Å². The van der Waals surface area contributed by atoms with Crippen LogP contribution in [0.4, 0.5) is 18.0 Å². The van der Waals surface area contributed by atoms with Crippen molar-refractivity contribution in [2.75, 3.05) is 6.54 Å². The fourth-order valence-electron chi connectivity index (χ4n) is 2.59. The minimum Gasteiger partial charge on any atom is -0.444 e. The van der Waals surface area contributed by atoms with Crippen LogP contribution in [0.15, 0.2) is 0 Å². The van der Waals surface area contributed by atoms with Crippen LogP contribution in [0.1, 0.15) is 53.4 Å². The number of carbonyl (C=O) groups excluding carboxylic acids is 1. The number of carbonyl (C=O) groups is 1. The first-order chi connectivity index (χ1) is 9.42. The van der Waals surface area contributed by atoms with Gasteiger partial charge >= 0.3 is 12.3 Å². The van der Waals surface area contributed by atoms with Crippen LogP contribution in [-0.4, -0.2) is 46.1 Å². The molecule has 2 unspecified atom stereocenters. The van der Waals surface area contributed by atoms with Crippen molar-refractivity contribution in [3.8, 4) is 0 Å². The van der Waals surface area contributed by atoms with Gasteiger partial charge in [-0.25, -0.2) is 4.79 Å². The molecule has 0 aromatic heterocycles. The maximum atomic E-state index is 13.2. The van der Waals surface area contributed by atoms with Gasteiger partial charge in [0.2, 0.25) is 0 Å². The van der Waals surface area contributed by atoms with Crippen molar-refractivity contribution in [2.45, 2.75) is 76.8 Å². The lowest BCUT2D eigenvalue weighted by atomic mass is 9.84. The van der Waals surface area contributed by atoms with E-state index in [1.165, 1.54) is 6.92 Å². The Bertz CT molecular complexity index is 379. The lowest BCUT2D eigenvalue weighted by molar-refractivity contribution is -0.282. The topological polar surface area (TPSA) is 49.8 Å². The van der Waals surface area contributed by atoms with Crippen molar-refractivity contribution < 1.29 is 27.8 Å². The Kier molecular flexibility index (Phi) is 5.18. The standard InChI is InChI=1S/C14H24F3NO3/c1-5-13(20,14(15,16)17)10-8-6-7-9-18(10)11(19)21-12(2,3)4/h10,20H,5-9H2,1-4H3. The molecule has 0 aromatic rings. The Morgan fingerprint density at radius 3 is 2.29 bits per heavy atom. The monoisotopic (exact) mass is 311 g/mol. The van der Waals surface area contributed by atoms with Crippen molar-refractivity contribution in [3.05, 3.63) is 0 Å². The van der Waals surface area contributed by atoms with Gasteiger partial charge in [-0.15, -0.1) is 0 Å². The molecular weight excluding hydrogens is 287 g/mol. The van der Waals surface area contributed by atoms with E-state index in [4.69, 9.17) is 4.74 Å². The summed E-state index contributed by atoms with van der Waals surface area (Å²) < 4.78 is 44.9. The molecular formula is C14H24F3NO3. The molecule has 1 aliphatic rings. The molecule has 124 valence electrons. The van der Waals surface area contributed by atoms with Gasteiger partial charge in [0, 0.05) is 6.54 Å². The minimum atomic E-state index is -4.79. The van der Waals surface area contributed by atoms with E-state index in [1.54, 1.807) is 20.8 Å². The number of ether oxygens (including phenoxy) is 1. The van der Waals surface area contributed by atoms with E-state index in [0.29, 0.717) is 12.8 Å². The summed E-state index contributed by atoms with van der Waals surface area (Å²) >= 11 is 0. The summed E-state index contributed by atoms with van der Waals surface area (Å²) in [6.07, 6.45) is -4.83. The molecule has 1 N–H and O–H groups in total. The van der Waals surface area contributed by atoms with Crippen LogP contribution in [0.25, 0.3) is 0 Å². The van der Waals surface area contributed by atoms with E-state index in [9.17, 15) is 23.1 Å². The molecule has 21 heavy (non-hydrogen) atoms. The van der Waals surface area contributed by atoms with Gasteiger partial charge < -0.3 is 14.7 Å². The molecule has 0 bridgehead atoms. The molecule has 0 aromatic carbocycles. The lowest BCUT2D eigenvalue weighted by Gasteiger charge is -2.45. The predicted octanol–water partition coefficient (Wildman–Crippen LogP) is 3.48. The molecule has 0 radical (unpaired) electrons. The number of likely N-dealkylation sites (tertiary alicyclic amines) is 1. The number of alkyl halides is 3. The summed E-state index contributed by atoms with van der Waals surface area (Å²) in [6.45, 7) is 6.40. The fourth-order valence-corrected chi connectivity index (χ4v) is 2.59. The summed E-state index contributed by atoms with van der Waals surface area (Å²) in [5.74, 6) is 0. The highest BCUT2D eigenvalue weighted by atomic mass is 19.4. The zero-order valence-electron chi connectivity index (χ0n) is 13.0. The van der Waals surface area contributed by atoms with Gasteiger partial charge in [-0.3, -0.25) is 0 Å². The number of aliphatic hydroxyl groups is 1. The van der Waals surface area contributed by atoms with E-state index in [1.807, 2.05) is 0 Å². The van der Waals surface area contributed by atoms with Gasteiger partial charge in [0.05, 0.1) is 6.04 Å². The van der Waals surface area contributed by atoms with Crippen LogP contribution in [0.2, 0.25) is 0 Å². The van der Waals surface area contributed by atoms with Crippen molar-refractivity contribution >= 4 is 6.09 Å². The van der Waals surface area contributed by atoms with Crippen LogP contribution in [0, 0.1) is 0 Å². The Morgan fingerprint density at radius 1 is 1.29 bits per heavy atom. The van der Waals surface area contributed by atoms with Crippen molar-refractivity contribution in [2.24, 2.45) is 0 Å². The smallest absolute Gasteiger partial charge is 0.419 e. The van der Waals surface area contributed by atoms with E-state index < -0.39 is 35.9 Å². The largest absolute Gasteiger partial charge is 0.444 e. The molecule has 1 rings (SSSR count). The third kappa shape index (κ3) is 4.02. The van der Waals surface area contributed by atoms with Gasteiger partial charge in [0.15, 0.2) is 5.60 Å². The van der Waals surface area contributed by atoms with Crippen LogP contribution in [-0.2, 0) is 4.74 Å². The van der Waals surface area contributed by atoms with Crippen LogP contribution < -0.4 is 0 Å². The zero-order valence-corrected chi connectivity index (χ0v) is 13.0. The molecule has 7 heteroatoms. The molecule has 1 fully saturated rings. The summed E-state index contributed by atoms with van der Waals surface area (Å²) in [7, 11) is 0. The Hall–Kier alpha value is -0.980. The average molecular weight is 311 g/mol. The number of hydrogen-bond acceptors (Lipinski definition) is 3. The molecule has 2 atom stereocenters. The number of halogens is 3. The van der Waals surface area contributed by atoms with Crippen molar-refractivity contribution in [3.63, 3.8) is 0 Å². The summed E-state index contributed by atoms with van der Waals surface area (Å²) in [5.41, 5.74) is -3.69. The maximum absolute atomic E-state index is 13.2. The van der Waals surface area contributed by atoms with Crippen molar-refractivity contribution in [1.29, 1.82) is 0 Å². The SMILES string of the molecule is CCC(O)(C1CCCCN1C(=O)OC(C)(C)C)C(F)(F)F. The quantitative estimate of drug-likeness (QED) is 0.849. The first kappa shape index (κ1) is 18.1. The third-order valence-electron chi connectivity index (χ3n) is 3.71. The second-order valence-corrected chi connectivity index (χ2v) is 6.46. The van der Waals surface area contributed by atoms with Gasteiger partial charge in [0.1, 0.15) is 5.60 Å². The number of rotatable bonds is 2. The third-order valence-corrected chi connectivity index (χ3v) is 3.71. The highest BCUT2D eigenvalue weighted by molar-refractivity contribution is 5.69. The lowest BCUT2D eigenvalue weighted by Crippen LogP contribution is -2.63. The van der Waals surface area contributed by atoms with Gasteiger partial charge in [0.25, 0.3) is 0 Å². The highest BCUT2D eigenvalue weighted by Crippen LogP contribution is 2.41. The van der Waals surface area contributed by atoms with Gasteiger partial charge in [-0.05, 0) is 46.5 Å². The molecule has 4 nitrogen and oxygen atoms in total. The number of amides is 1. The van der Waals surface area contributed by atoms with E-state index in [-0.39, 0.29) is 13.0 Å². The number of nitrogens with zero attached hydrogens (tertiary/aromatic N) is 1. The van der Waals surface area contributed by atoms with Gasteiger partial charge in [-0.1, -0.05) is 6.92 Å². The first-order valence-corrected chi connectivity index (χ1v) is 7.21. The maximum Gasteiger partial charge on any atom is 0.419 e. The summed E-state index contributed by atoms with van der Waals surface area (Å²) in [4.78, 5) is 13.2. The predicted molar refractivity (Wildman–Crippen MR) is 71.9 cm³/mol. The Balaban J connectivity index is 3.04. The molecule has 1 aliphatic heterocycles. The molecule has 0 spiro atoms. The average Bonchev–Trinajstić information content (AvgIpc) is 2.34. The normalized spacial score (nSPS) is 23.6. The van der Waals surface area contributed by atoms with Crippen LogP contribution >= 0.6 is 0 Å². The second-order valence-electron chi connectivity index (χ2n) is 6.46. The molecule has 1 amide bonds. The van der Waals surface area contributed by atoms with Gasteiger partial charge in [-0.2, -0.15) is 13.2 Å². The first-order valence-electron chi connectivity index (χ1n) is 7.21. The van der Waals surface area contributed by atoms with Crippen LogP contribution in [0.3, 0.4) is 0 Å².